The summed E-state index contributed by atoms with van der Waals surface area (Å²) >= 11 is 0. The number of nitrogens with one attached hydrogen (secondary N) is 1. The van der Waals surface area contributed by atoms with Crippen LogP contribution in [0.2, 0.25) is 0 Å². The molecule has 0 unspecified atom stereocenters. The first kappa shape index (κ1) is 16.4. The number of amides is 1. The van der Waals surface area contributed by atoms with Crippen molar-refractivity contribution < 1.29 is 34.4 Å². The van der Waals surface area contributed by atoms with E-state index in [9.17, 15) is 14.4 Å². The second-order valence-electron chi connectivity index (χ2n) is 4.16. The van der Waals surface area contributed by atoms with Crippen molar-refractivity contribution in [2.75, 3.05) is 0 Å². The second-order valence-corrected chi connectivity index (χ2v) is 4.16. The Labute approximate surface area is 120 Å². The maximum Gasteiger partial charge on any atom is 0.438 e. The van der Waals surface area contributed by atoms with Crippen LogP contribution in [0.5, 0.6) is 0 Å². The number of carbonyl (C=O) groups is 3. The van der Waals surface area contributed by atoms with Crippen molar-refractivity contribution in [2.24, 2.45) is 0 Å². The number of hydrogen-bond donors (Lipinski definition) is 3. The van der Waals surface area contributed by atoms with Crippen molar-refractivity contribution in [3.8, 4) is 0 Å². The Balaban J connectivity index is 2.35. The van der Waals surface area contributed by atoms with E-state index in [4.69, 9.17) is 10.2 Å². The van der Waals surface area contributed by atoms with E-state index in [1.807, 2.05) is 6.07 Å². The monoisotopic (exact) mass is 297 g/mol. The van der Waals surface area contributed by atoms with E-state index in [0.29, 0.717) is 0 Å². The minimum atomic E-state index is -1.23. The van der Waals surface area contributed by atoms with Gasteiger partial charge in [-0.05, 0) is 5.56 Å². The van der Waals surface area contributed by atoms with Crippen LogP contribution in [-0.4, -0.2) is 34.3 Å². The van der Waals surface area contributed by atoms with Crippen LogP contribution in [0.1, 0.15) is 18.4 Å². The third-order valence-corrected chi connectivity index (χ3v) is 2.37. The van der Waals surface area contributed by atoms with Crippen LogP contribution in [-0.2, 0) is 26.0 Å². The van der Waals surface area contributed by atoms with E-state index >= 15 is 0 Å². The highest BCUT2D eigenvalue weighted by Gasteiger charge is 2.20. The summed E-state index contributed by atoms with van der Waals surface area (Å²) in [6.45, 7) is 0.0246. The number of hydrogen-bond acceptors (Lipinski definition) is 5. The second kappa shape index (κ2) is 8.54. The summed E-state index contributed by atoms with van der Waals surface area (Å²) in [6.07, 6.45) is -2.10. The van der Waals surface area contributed by atoms with E-state index < -0.39 is 36.9 Å². The number of carboxylic acids is 2. The zero-order chi connectivity index (χ0) is 15.7. The molecule has 0 fully saturated rings. The quantitative estimate of drug-likeness (QED) is 0.486. The van der Waals surface area contributed by atoms with Gasteiger partial charge in [-0.15, -0.1) is 0 Å². The van der Waals surface area contributed by atoms with Gasteiger partial charge in [0.25, 0.3) is 0 Å². The smallest absolute Gasteiger partial charge is 0.438 e. The van der Waals surface area contributed by atoms with Gasteiger partial charge in [0, 0.05) is 0 Å². The Kier molecular flexibility index (Phi) is 6.69. The molecule has 0 spiro atoms. The van der Waals surface area contributed by atoms with Crippen molar-refractivity contribution in [3.63, 3.8) is 0 Å². The topological polar surface area (TPSA) is 122 Å². The lowest BCUT2D eigenvalue weighted by molar-refractivity contribution is -0.249. The van der Waals surface area contributed by atoms with Crippen LogP contribution in [0.4, 0.5) is 4.79 Å². The largest absolute Gasteiger partial charge is 0.481 e. The molecule has 114 valence electrons. The standard InChI is InChI=1S/C13H15NO7/c15-11(16)6-10(7-12(17)18)14-13(19)21-20-8-9-4-2-1-3-5-9/h1-5,10H,6-8H2,(H,14,19)(H,15,16)(H,17,18). The Morgan fingerprint density at radius 1 is 1.05 bits per heavy atom. The zero-order valence-corrected chi connectivity index (χ0v) is 11.0. The molecular weight excluding hydrogens is 282 g/mol. The third kappa shape index (κ3) is 7.53. The highest BCUT2D eigenvalue weighted by molar-refractivity contribution is 5.74. The molecule has 0 aliphatic carbocycles. The molecule has 1 aromatic rings. The summed E-state index contributed by atoms with van der Waals surface area (Å²) in [6, 6.07) is 7.84. The Hall–Kier alpha value is -2.61. The first-order chi connectivity index (χ1) is 9.97. The lowest BCUT2D eigenvalue weighted by Gasteiger charge is -2.13. The summed E-state index contributed by atoms with van der Waals surface area (Å²) in [7, 11) is 0. The molecule has 0 aromatic heterocycles. The summed E-state index contributed by atoms with van der Waals surface area (Å²) in [4.78, 5) is 41.6. The van der Waals surface area contributed by atoms with Gasteiger partial charge < -0.3 is 15.5 Å². The molecule has 0 aliphatic rings. The van der Waals surface area contributed by atoms with Crippen LogP contribution in [0.3, 0.4) is 0 Å². The van der Waals surface area contributed by atoms with Crippen molar-refractivity contribution in [3.05, 3.63) is 35.9 Å². The Morgan fingerprint density at radius 3 is 2.14 bits per heavy atom. The van der Waals surface area contributed by atoms with Crippen LogP contribution >= 0.6 is 0 Å². The van der Waals surface area contributed by atoms with Crippen molar-refractivity contribution >= 4 is 18.0 Å². The Morgan fingerprint density at radius 2 is 1.62 bits per heavy atom. The first-order valence-corrected chi connectivity index (χ1v) is 6.05. The number of rotatable bonds is 8. The molecule has 1 amide bonds. The molecule has 0 saturated carbocycles. The van der Waals surface area contributed by atoms with Gasteiger partial charge in [-0.2, -0.15) is 4.89 Å². The van der Waals surface area contributed by atoms with Crippen LogP contribution in [0, 0.1) is 0 Å². The normalized spacial score (nSPS) is 10.1. The maximum absolute atomic E-state index is 11.4. The fraction of sp³-hybridized carbons (Fsp3) is 0.308. The van der Waals surface area contributed by atoms with Gasteiger partial charge in [0.05, 0.1) is 18.9 Å². The molecule has 0 bridgehead atoms. The van der Waals surface area contributed by atoms with Crippen molar-refractivity contribution in [1.29, 1.82) is 0 Å². The van der Waals surface area contributed by atoms with E-state index in [-0.39, 0.29) is 6.61 Å². The van der Waals surface area contributed by atoms with Crippen LogP contribution in [0.25, 0.3) is 0 Å². The summed E-state index contributed by atoms with van der Waals surface area (Å²) in [5, 5.41) is 19.4. The van der Waals surface area contributed by atoms with Crippen LogP contribution < -0.4 is 5.32 Å². The predicted octanol–water partition coefficient (Wildman–Crippen LogP) is 1.16. The molecular formula is C13H15NO7. The lowest BCUT2D eigenvalue weighted by atomic mass is 10.1. The summed E-state index contributed by atoms with van der Waals surface area (Å²) in [5.41, 5.74) is 0.776. The van der Waals surface area contributed by atoms with Gasteiger partial charge in [-0.25, -0.2) is 4.79 Å². The van der Waals surface area contributed by atoms with Gasteiger partial charge in [-0.3, -0.25) is 14.5 Å². The Bertz CT molecular complexity index is 473. The molecule has 0 aliphatic heterocycles. The SMILES string of the molecule is O=C(O)CC(CC(=O)O)NC(=O)OOCc1ccccc1. The van der Waals surface area contributed by atoms with Crippen molar-refractivity contribution in [1.82, 2.24) is 5.32 Å². The summed E-state index contributed by atoms with van der Waals surface area (Å²) < 4.78 is 0. The van der Waals surface area contributed by atoms with Gasteiger partial charge in [0.2, 0.25) is 0 Å². The third-order valence-electron chi connectivity index (χ3n) is 2.37. The number of aliphatic carboxylic acids is 2. The molecule has 0 radical (unpaired) electrons. The van der Waals surface area contributed by atoms with E-state index in [0.717, 1.165) is 5.56 Å². The summed E-state index contributed by atoms with van der Waals surface area (Å²) in [5.74, 6) is -2.46. The number of carboxylic acid groups (broad SMARTS) is 2. The molecule has 8 nitrogen and oxygen atoms in total. The highest BCUT2D eigenvalue weighted by Crippen LogP contribution is 2.02. The average Bonchev–Trinajstić information content (AvgIpc) is 2.38. The van der Waals surface area contributed by atoms with Gasteiger partial charge >= 0.3 is 18.0 Å². The van der Waals surface area contributed by atoms with E-state index in [1.54, 1.807) is 24.3 Å². The average molecular weight is 297 g/mol. The van der Waals surface area contributed by atoms with E-state index in [1.165, 1.54) is 0 Å². The van der Waals surface area contributed by atoms with Crippen LogP contribution in [0.15, 0.2) is 30.3 Å². The molecule has 1 rings (SSSR count). The molecule has 8 heteroatoms. The molecule has 0 atom stereocenters. The lowest BCUT2D eigenvalue weighted by Crippen LogP contribution is -2.38. The van der Waals surface area contributed by atoms with Gasteiger partial charge in [0.15, 0.2) is 0 Å². The number of carbonyl (C=O) groups excluding carboxylic acids is 1. The maximum atomic E-state index is 11.4. The van der Waals surface area contributed by atoms with Gasteiger partial charge in [-0.1, -0.05) is 30.3 Å². The predicted molar refractivity (Wildman–Crippen MR) is 69.1 cm³/mol. The zero-order valence-electron chi connectivity index (χ0n) is 11.0. The highest BCUT2D eigenvalue weighted by atomic mass is 17.2. The molecule has 0 heterocycles. The fourth-order valence-electron chi connectivity index (χ4n) is 1.51. The van der Waals surface area contributed by atoms with Gasteiger partial charge in [0.1, 0.15) is 6.61 Å². The molecule has 0 saturated heterocycles. The number of benzene rings is 1. The minimum Gasteiger partial charge on any atom is -0.481 e. The minimum absolute atomic E-state index is 0.0246. The molecule has 1 aromatic carbocycles. The first-order valence-electron chi connectivity index (χ1n) is 6.05. The van der Waals surface area contributed by atoms with Crippen molar-refractivity contribution in [2.45, 2.75) is 25.5 Å². The fourth-order valence-corrected chi connectivity index (χ4v) is 1.51. The molecule has 3 N–H and O–H groups in total. The van der Waals surface area contributed by atoms with E-state index in [2.05, 4.69) is 15.1 Å². The molecule has 21 heavy (non-hydrogen) atoms.